The number of aliphatic hydroxyl groups excluding tert-OH is 1. The van der Waals surface area contributed by atoms with Crippen molar-refractivity contribution >= 4 is 0 Å². The van der Waals surface area contributed by atoms with Gasteiger partial charge in [-0.15, -0.1) is 0 Å². The zero-order valence-electron chi connectivity index (χ0n) is 12.3. The number of aliphatic hydroxyl groups is 1. The van der Waals surface area contributed by atoms with Crippen molar-refractivity contribution in [1.29, 1.82) is 0 Å². The minimum atomic E-state index is -0.683. The minimum Gasteiger partial charge on any atom is -0.482 e. The first-order valence-electron chi connectivity index (χ1n) is 6.62. The zero-order chi connectivity index (χ0) is 14.5. The van der Waals surface area contributed by atoms with Crippen molar-refractivity contribution in [3.8, 4) is 5.75 Å². The highest BCUT2D eigenvalue weighted by Crippen LogP contribution is 2.41. The quantitative estimate of drug-likeness (QED) is 0.856. The summed E-state index contributed by atoms with van der Waals surface area (Å²) in [6.45, 7) is 5.88. The lowest BCUT2D eigenvalue weighted by Gasteiger charge is -2.41. The van der Waals surface area contributed by atoms with Crippen LogP contribution in [0.5, 0.6) is 5.75 Å². The second-order valence-electron chi connectivity index (χ2n) is 4.48. The normalized spacial score (nSPS) is 25.1. The maximum atomic E-state index is 10.1. The van der Waals surface area contributed by atoms with E-state index in [1.807, 2.05) is 45.0 Å². The van der Waals surface area contributed by atoms with Crippen LogP contribution in [0.3, 0.4) is 0 Å². The summed E-state index contributed by atoms with van der Waals surface area (Å²) >= 11 is 0. The first kappa shape index (κ1) is 16.0. The van der Waals surface area contributed by atoms with Crippen LogP contribution in [-0.2, 0) is 9.47 Å². The van der Waals surface area contributed by atoms with E-state index in [1.54, 1.807) is 14.2 Å². The Labute approximate surface area is 115 Å². The molecule has 1 heterocycles. The van der Waals surface area contributed by atoms with Gasteiger partial charge in [-0.05, 0) is 13.0 Å². The van der Waals surface area contributed by atoms with Crippen LogP contribution in [-0.4, -0.2) is 31.2 Å². The van der Waals surface area contributed by atoms with Crippen molar-refractivity contribution in [2.24, 2.45) is 0 Å². The van der Waals surface area contributed by atoms with E-state index >= 15 is 0 Å². The molecule has 1 aromatic rings. The molecule has 108 valence electrons. The molecular weight excluding hydrogens is 244 g/mol. The van der Waals surface area contributed by atoms with Crippen molar-refractivity contribution in [2.75, 3.05) is 14.2 Å². The first-order chi connectivity index (χ1) is 9.10. The second-order valence-corrected chi connectivity index (χ2v) is 4.48. The van der Waals surface area contributed by atoms with Gasteiger partial charge in [-0.1, -0.05) is 32.0 Å². The third kappa shape index (κ3) is 3.26. The highest BCUT2D eigenvalue weighted by Gasteiger charge is 2.43. The van der Waals surface area contributed by atoms with E-state index in [9.17, 15) is 5.11 Å². The predicted molar refractivity (Wildman–Crippen MR) is 74.2 cm³/mol. The van der Waals surface area contributed by atoms with Crippen molar-refractivity contribution in [2.45, 2.75) is 45.2 Å². The fraction of sp³-hybridized carbons (Fsp3) is 0.600. The molecule has 0 aliphatic carbocycles. The number of ether oxygens (including phenoxy) is 3. The SMILES string of the molecule is CC.COC(OC)C1(C)CC(O)c2ccccc2O1. The van der Waals surface area contributed by atoms with Crippen LogP contribution in [0.4, 0.5) is 0 Å². The molecule has 2 unspecified atom stereocenters. The topological polar surface area (TPSA) is 47.9 Å². The highest BCUT2D eigenvalue weighted by molar-refractivity contribution is 5.37. The number of methoxy groups -OCH3 is 2. The lowest BCUT2D eigenvalue weighted by Crippen LogP contribution is -2.50. The van der Waals surface area contributed by atoms with Crippen LogP contribution in [0.1, 0.15) is 38.9 Å². The van der Waals surface area contributed by atoms with Gasteiger partial charge in [-0.3, -0.25) is 0 Å². The molecule has 0 bridgehead atoms. The third-order valence-corrected chi connectivity index (χ3v) is 3.15. The van der Waals surface area contributed by atoms with Crippen LogP contribution in [0.2, 0.25) is 0 Å². The predicted octanol–water partition coefficient (Wildman–Crippen LogP) is 2.91. The summed E-state index contributed by atoms with van der Waals surface area (Å²) in [6.07, 6.45) is -0.626. The number of rotatable bonds is 3. The molecule has 1 N–H and O–H groups in total. The van der Waals surface area contributed by atoms with Crippen LogP contribution < -0.4 is 4.74 Å². The Morgan fingerprint density at radius 2 is 1.84 bits per heavy atom. The summed E-state index contributed by atoms with van der Waals surface area (Å²) in [5.74, 6) is 0.688. The third-order valence-electron chi connectivity index (χ3n) is 3.15. The Kier molecular flexibility index (Phi) is 5.79. The molecule has 2 rings (SSSR count). The van der Waals surface area contributed by atoms with Gasteiger partial charge in [0.15, 0.2) is 11.9 Å². The zero-order valence-corrected chi connectivity index (χ0v) is 12.3. The number of hydrogen-bond acceptors (Lipinski definition) is 4. The molecule has 0 spiro atoms. The Morgan fingerprint density at radius 3 is 2.42 bits per heavy atom. The van der Waals surface area contributed by atoms with Crippen molar-refractivity contribution in [1.82, 2.24) is 0 Å². The van der Waals surface area contributed by atoms with E-state index in [2.05, 4.69) is 0 Å². The van der Waals surface area contributed by atoms with E-state index < -0.39 is 18.0 Å². The van der Waals surface area contributed by atoms with Crippen molar-refractivity contribution < 1.29 is 19.3 Å². The summed E-state index contributed by atoms with van der Waals surface area (Å²) in [5, 5.41) is 10.1. The van der Waals surface area contributed by atoms with Gasteiger partial charge in [0.05, 0.1) is 6.10 Å². The number of hydrogen-bond donors (Lipinski definition) is 1. The van der Waals surface area contributed by atoms with E-state index in [-0.39, 0.29) is 0 Å². The summed E-state index contributed by atoms with van der Waals surface area (Å²) in [5.41, 5.74) is 0.132. The lowest BCUT2D eigenvalue weighted by atomic mass is 9.89. The van der Waals surface area contributed by atoms with Gasteiger partial charge >= 0.3 is 0 Å². The van der Waals surface area contributed by atoms with Gasteiger partial charge < -0.3 is 19.3 Å². The molecule has 4 heteroatoms. The summed E-state index contributed by atoms with van der Waals surface area (Å²) in [4.78, 5) is 0. The maximum absolute atomic E-state index is 10.1. The molecule has 0 saturated carbocycles. The van der Waals surface area contributed by atoms with E-state index in [1.165, 1.54) is 0 Å². The van der Waals surface area contributed by atoms with E-state index in [0.717, 1.165) is 5.56 Å². The summed E-state index contributed by atoms with van der Waals surface area (Å²) in [6, 6.07) is 7.48. The second kappa shape index (κ2) is 6.89. The monoisotopic (exact) mass is 268 g/mol. The van der Waals surface area contributed by atoms with E-state index in [0.29, 0.717) is 12.2 Å². The van der Waals surface area contributed by atoms with Gasteiger partial charge in [-0.2, -0.15) is 0 Å². The molecule has 0 radical (unpaired) electrons. The van der Waals surface area contributed by atoms with Gasteiger partial charge in [0, 0.05) is 26.2 Å². The molecule has 0 aromatic heterocycles. The van der Waals surface area contributed by atoms with Crippen molar-refractivity contribution in [3.63, 3.8) is 0 Å². The van der Waals surface area contributed by atoms with Crippen LogP contribution in [0.25, 0.3) is 0 Å². The van der Waals surface area contributed by atoms with E-state index in [4.69, 9.17) is 14.2 Å². The van der Waals surface area contributed by atoms with Gasteiger partial charge in [0.25, 0.3) is 0 Å². The highest BCUT2D eigenvalue weighted by atomic mass is 16.7. The van der Waals surface area contributed by atoms with Crippen molar-refractivity contribution in [3.05, 3.63) is 29.8 Å². The number of para-hydroxylation sites is 1. The molecule has 1 aromatic carbocycles. The minimum absolute atomic E-state index is 0.441. The van der Waals surface area contributed by atoms with Gasteiger partial charge in [0.2, 0.25) is 0 Å². The van der Waals surface area contributed by atoms with Crippen LogP contribution in [0, 0.1) is 0 Å². The van der Waals surface area contributed by atoms with Crippen LogP contribution in [0.15, 0.2) is 24.3 Å². The van der Waals surface area contributed by atoms with Gasteiger partial charge in [0.1, 0.15) is 5.75 Å². The van der Waals surface area contributed by atoms with Crippen LogP contribution >= 0.6 is 0 Å². The molecular formula is C15H24O4. The molecule has 2 atom stereocenters. The molecule has 0 fully saturated rings. The first-order valence-corrected chi connectivity index (χ1v) is 6.62. The molecule has 4 nitrogen and oxygen atoms in total. The fourth-order valence-electron chi connectivity index (χ4n) is 2.37. The summed E-state index contributed by atoms with van der Waals surface area (Å²) in [7, 11) is 3.13. The smallest absolute Gasteiger partial charge is 0.196 e. The molecule has 0 saturated heterocycles. The fourth-order valence-corrected chi connectivity index (χ4v) is 2.37. The molecule has 19 heavy (non-hydrogen) atoms. The Balaban J connectivity index is 0.000000861. The Morgan fingerprint density at radius 1 is 1.26 bits per heavy atom. The maximum Gasteiger partial charge on any atom is 0.196 e. The largest absolute Gasteiger partial charge is 0.482 e. The summed E-state index contributed by atoms with van der Waals surface area (Å²) < 4.78 is 16.4. The number of benzene rings is 1. The average molecular weight is 268 g/mol. The standard InChI is InChI=1S/C13H18O4.C2H6/c1-13(12(15-2)16-3)8-10(14)9-6-4-5-7-11(9)17-13;1-2/h4-7,10,12,14H,8H2,1-3H3;1-2H3. The number of fused-ring (bicyclic) bond motifs is 1. The average Bonchev–Trinajstić information content (AvgIpc) is 2.42. The van der Waals surface area contributed by atoms with Gasteiger partial charge in [-0.25, -0.2) is 0 Å². The Hall–Kier alpha value is -1.10. The molecule has 1 aliphatic rings. The lowest BCUT2D eigenvalue weighted by molar-refractivity contribution is -0.212. The Bertz CT molecular complexity index is 389. The molecule has 1 aliphatic heterocycles. The molecule has 0 amide bonds.